The van der Waals surface area contributed by atoms with Crippen molar-refractivity contribution in [3.63, 3.8) is 0 Å². The van der Waals surface area contributed by atoms with E-state index < -0.39 is 6.10 Å². The molecule has 3 heteroatoms. The van der Waals surface area contributed by atoms with Crippen molar-refractivity contribution in [3.05, 3.63) is 34.9 Å². The van der Waals surface area contributed by atoms with Crippen LogP contribution in [-0.2, 0) is 11.2 Å². The zero-order valence-corrected chi connectivity index (χ0v) is 11.0. The molecule has 1 amide bonds. The number of carbonyl (C=O) groups is 1. The fraction of sp³-hybridized carbons (Fsp3) is 0.500. The van der Waals surface area contributed by atoms with E-state index in [1.165, 1.54) is 23.6 Å². The maximum Gasteiger partial charge on any atom is 0.250 e. The number of likely N-dealkylation sites (N-methyl/N-ethyl adjacent to an activating group) is 1. The number of carbonyl (C=O) groups excluding carboxylic acids is 1. The van der Waals surface area contributed by atoms with Crippen molar-refractivity contribution in [2.24, 2.45) is 0 Å². The highest BCUT2D eigenvalue weighted by atomic mass is 16.3. The molecule has 1 rings (SSSR count). The van der Waals surface area contributed by atoms with E-state index in [0.29, 0.717) is 6.54 Å². The van der Waals surface area contributed by atoms with Crippen molar-refractivity contribution < 1.29 is 9.90 Å². The summed E-state index contributed by atoms with van der Waals surface area (Å²) in [7, 11) is 1.72. The number of hydrogen-bond donors (Lipinski definition) is 1. The first kappa shape index (κ1) is 13.7. The summed E-state index contributed by atoms with van der Waals surface area (Å²) in [5.74, 6) is -0.228. The third-order valence-electron chi connectivity index (χ3n) is 3.04. The Morgan fingerprint density at radius 3 is 2.53 bits per heavy atom. The Bertz CT molecular complexity index is 399. The Labute approximate surface area is 103 Å². The Balaban J connectivity index is 2.56. The second kappa shape index (κ2) is 5.82. The number of aryl methyl sites for hydroxylation is 2. The minimum atomic E-state index is -0.917. The molecule has 0 saturated heterocycles. The fourth-order valence-electron chi connectivity index (χ4n) is 1.68. The highest BCUT2D eigenvalue weighted by molar-refractivity contribution is 5.79. The lowest BCUT2D eigenvalue weighted by molar-refractivity contribution is -0.137. The maximum atomic E-state index is 11.5. The molecule has 94 valence electrons. The normalized spacial score (nSPS) is 12.3. The van der Waals surface area contributed by atoms with Gasteiger partial charge >= 0.3 is 0 Å². The van der Waals surface area contributed by atoms with Gasteiger partial charge in [-0.1, -0.05) is 18.2 Å². The predicted octanol–water partition coefficient (Wildman–Crippen LogP) is 1.69. The molecular weight excluding hydrogens is 214 g/mol. The number of rotatable bonds is 4. The van der Waals surface area contributed by atoms with Crippen LogP contribution in [-0.4, -0.2) is 35.6 Å². The summed E-state index contributed by atoms with van der Waals surface area (Å²) in [5.41, 5.74) is 3.77. The minimum absolute atomic E-state index is 0.228. The van der Waals surface area contributed by atoms with Gasteiger partial charge in [0.1, 0.15) is 6.10 Å². The van der Waals surface area contributed by atoms with Crippen LogP contribution < -0.4 is 0 Å². The summed E-state index contributed by atoms with van der Waals surface area (Å²) in [6.07, 6.45) is -0.101. The SMILES string of the molecule is Cc1ccc(CCN(C)C(=O)C(C)O)cc1C. The summed E-state index contributed by atoms with van der Waals surface area (Å²) >= 11 is 0. The first-order valence-electron chi connectivity index (χ1n) is 5.91. The quantitative estimate of drug-likeness (QED) is 0.862. The second-order valence-electron chi connectivity index (χ2n) is 4.60. The van der Waals surface area contributed by atoms with Gasteiger partial charge in [-0.15, -0.1) is 0 Å². The van der Waals surface area contributed by atoms with E-state index in [1.54, 1.807) is 11.9 Å². The molecule has 0 saturated carbocycles. The molecule has 0 radical (unpaired) electrons. The van der Waals surface area contributed by atoms with E-state index in [0.717, 1.165) is 6.42 Å². The molecule has 17 heavy (non-hydrogen) atoms. The Morgan fingerprint density at radius 1 is 1.35 bits per heavy atom. The number of amides is 1. The molecule has 0 aliphatic heterocycles. The molecule has 0 heterocycles. The molecule has 0 aliphatic carbocycles. The van der Waals surface area contributed by atoms with Gasteiger partial charge in [-0.2, -0.15) is 0 Å². The van der Waals surface area contributed by atoms with Gasteiger partial charge < -0.3 is 10.0 Å². The number of aliphatic hydroxyl groups excluding tert-OH is 1. The Kier molecular flexibility index (Phi) is 4.70. The Morgan fingerprint density at radius 2 is 2.00 bits per heavy atom. The molecule has 3 nitrogen and oxygen atoms in total. The third-order valence-corrected chi connectivity index (χ3v) is 3.04. The lowest BCUT2D eigenvalue weighted by atomic mass is 10.0. The molecule has 1 aromatic carbocycles. The van der Waals surface area contributed by atoms with Crippen molar-refractivity contribution in [2.45, 2.75) is 33.3 Å². The number of benzene rings is 1. The van der Waals surface area contributed by atoms with Crippen molar-refractivity contribution in [1.82, 2.24) is 4.90 Å². The minimum Gasteiger partial charge on any atom is -0.384 e. The standard InChI is InChI=1S/C14H21NO2/c1-10-5-6-13(9-11(10)2)7-8-15(4)14(17)12(3)16/h5-6,9,12,16H,7-8H2,1-4H3. The Hall–Kier alpha value is -1.35. The van der Waals surface area contributed by atoms with Gasteiger partial charge in [0.15, 0.2) is 0 Å². The summed E-state index contributed by atoms with van der Waals surface area (Å²) in [5, 5.41) is 9.18. The van der Waals surface area contributed by atoms with Gasteiger partial charge in [0, 0.05) is 13.6 Å². The van der Waals surface area contributed by atoms with E-state index in [9.17, 15) is 9.90 Å². The smallest absolute Gasteiger partial charge is 0.250 e. The van der Waals surface area contributed by atoms with Crippen LogP contribution in [0.15, 0.2) is 18.2 Å². The van der Waals surface area contributed by atoms with Crippen LogP contribution in [0, 0.1) is 13.8 Å². The second-order valence-corrected chi connectivity index (χ2v) is 4.60. The van der Waals surface area contributed by atoms with Gasteiger partial charge in [0.2, 0.25) is 0 Å². The average molecular weight is 235 g/mol. The highest BCUT2D eigenvalue weighted by Crippen LogP contribution is 2.10. The first-order valence-corrected chi connectivity index (χ1v) is 5.91. The molecule has 1 aromatic rings. The van der Waals surface area contributed by atoms with E-state index in [2.05, 4.69) is 32.0 Å². The molecule has 1 N–H and O–H groups in total. The van der Waals surface area contributed by atoms with Crippen LogP contribution in [0.25, 0.3) is 0 Å². The highest BCUT2D eigenvalue weighted by Gasteiger charge is 2.13. The van der Waals surface area contributed by atoms with Gasteiger partial charge in [-0.25, -0.2) is 0 Å². The number of aliphatic hydroxyl groups is 1. The lowest BCUT2D eigenvalue weighted by Gasteiger charge is -2.18. The zero-order valence-electron chi connectivity index (χ0n) is 11.0. The van der Waals surface area contributed by atoms with Crippen LogP contribution in [0.3, 0.4) is 0 Å². The third kappa shape index (κ3) is 3.86. The van der Waals surface area contributed by atoms with Crippen LogP contribution in [0.2, 0.25) is 0 Å². The van der Waals surface area contributed by atoms with Crippen molar-refractivity contribution in [1.29, 1.82) is 0 Å². The molecule has 0 fully saturated rings. The molecule has 1 unspecified atom stereocenters. The van der Waals surface area contributed by atoms with Crippen LogP contribution >= 0.6 is 0 Å². The zero-order chi connectivity index (χ0) is 13.0. The average Bonchev–Trinajstić information content (AvgIpc) is 2.29. The van der Waals surface area contributed by atoms with E-state index in [1.807, 2.05) is 0 Å². The molecule has 0 spiro atoms. The van der Waals surface area contributed by atoms with Gasteiger partial charge in [-0.05, 0) is 43.9 Å². The lowest BCUT2D eigenvalue weighted by Crippen LogP contribution is -2.35. The van der Waals surface area contributed by atoms with Crippen LogP contribution in [0.4, 0.5) is 0 Å². The van der Waals surface area contributed by atoms with Crippen molar-refractivity contribution in [3.8, 4) is 0 Å². The topological polar surface area (TPSA) is 40.5 Å². The van der Waals surface area contributed by atoms with Crippen molar-refractivity contribution >= 4 is 5.91 Å². The van der Waals surface area contributed by atoms with Gasteiger partial charge in [0.25, 0.3) is 5.91 Å². The summed E-state index contributed by atoms with van der Waals surface area (Å²) < 4.78 is 0. The molecule has 1 atom stereocenters. The van der Waals surface area contributed by atoms with Crippen LogP contribution in [0.5, 0.6) is 0 Å². The number of hydrogen-bond acceptors (Lipinski definition) is 2. The van der Waals surface area contributed by atoms with Gasteiger partial charge in [0.05, 0.1) is 0 Å². The van der Waals surface area contributed by atoms with E-state index >= 15 is 0 Å². The molecule has 0 aromatic heterocycles. The number of nitrogens with zero attached hydrogens (tertiary/aromatic N) is 1. The molecule has 0 bridgehead atoms. The first-order chi connectivity index (χ1) is 7.91. The molecular formula is C14H21NO2. The van der Waals surface area contributed by atoms with E-state index in [-0.39, 0.29) is 5.91 Å². The molecule has 0 aliphatic rings. The van der Waals surface area contributed by atoms with Crippen molar-refractivity contribution in [2.75, 3.05) is 13.6 Å². The summed E-state index contributed by atoms with van der Waals surface area (Å²) in [4.78, 5) is 13.0. The predicted molar refractivity (Wildman–Crippen MR) is 68.9 cm³/mol. The monoisotopic (exact) mass is 235 g/mol. The largest absolute Gasteiger partial charge is 0.384 e. The van der Waals surface area contributed by atoms with Crippen LogP contribution in [0.1, 0.15) is 23.6 Å². The summed E-state index contributed by atoms with van der Waals surface area (Å²) in [6.45, 7) is 6.30. The van der Waals surface area contributed by atoms with Gasteiger partial charge in [-0.3, -0.25) is 4.79 Å². The maximum absolute atomic E-state index is 11.5. The fourth-order valence-corrected chi connectivity index (χ4v) is 1.68. The summed E-state index contributed by atoms with van der Waals surface area (Å²) in [6, 6.07) is 6.33. The van der Waals surface area contributed by atoms with E-state index in [4.69, 9.17) is 0 Å².